The minimum absolute atomic E-state index is 0.0248. The number of hydrogen-bond acceptors (Lipinski definition) is 4. The summed E-state index contributed by atoms with van der Waals surface area (Å²) in [6, 6.07) is 11.3. The molecule has 0 unspecified atom stereocenters. The number of carbonyl (C=O) groups is 1. The summed E-state index contributed by atoms with van der Waals surface area (Å²) in [5.74, 6) is -1.28. The van der Waals surface area contributed by atoms with Crippen molar-refractivity contribution in [2.75, 3.05) is 0 Å². The summed E-state index contributed by atoms with van der Waals surface area (Å²) in [6.07, 6.45) is 1.70. The molecule has 1 N–H and O–H groups in total. The Morgan fingerprint density at radius 3 is 2.34 bits per heavy atom. The molecule has 0 bridgehead atoms. The van der Waals surface area contributed by atoms with Gasteiger partial charge in [0.1, 0.15) is 0 Å². The maximum absolute atomic E-state index is 12.9. The zero-order valence-corrected chi connectivity index (χ0v) is 15.8. The summed E-state index contributed by atoms with van der Waals surface area (Å²) in [5, 5.41) is 14.6. The van der Waals surface area contributed by atoms with E-state index in [1.807, 2.05) is 18.2 Å². The number of aromatic nitrogens is 4. The number of aromatic amines is 1. The number of rotatable bonds is 3. The lowest BCUT2D eigenvalue weighted by molar-refractivity contribution is -0.255. The van der Waals surface area contributed by atoms with E-state index in [0.717, 1.165) is 16.6 Å². The molecule has 0 aliphatic carbocycles. The average Bonchev–Trinajstić information content (AvgIpc) is 3.11. The van der Waals surface area contributed by atoms with E-state index in [4.69, 9.17) is 0 Å². The van der Waals surface area contributed by atoms with Crippen LogP contribution in [0.4, 0.5) is 0 Å². The van der Waals surface area contributed by atoms with Crippen LogP contribution in [0.3, 0.4) is 0 Å². The highest BCUT2D eigenvalue weighted by molar-refractivity contribution is 5.85. The molecule has 2 heterocycles. The maximum Gasteiger partial charge on any atom is 0.328 e. The van der Waals surface area contributed by atoms with E-state index < -0.39 is 5.97 Å². The number of nitrogens with one attached hydrogen (secondary N) is 1. The fourth-order valence-electron chi connectivity index (χ4n) is 3.35. The van der Waals surface area contributed by atoms with E-state index in [2.05, 4.69) is 11.7 Å². The second kappa shape index (κ2) is 6.52. The van der Waals surface area contributed by atoms with E-state index in [1.54, 1.807) is 29.3 Å². The van der Waals surface area contributed by atoms with Crippen LogP contribution in [-0.4, -0.2) is 24.9 Å². The number of carboxylic acid groups (broad SMARTS) is 1. The molecule has 0 aliphatic rings. The van der Waals surface area contributed by atoms with Crippen LogP contribution in [0.15, 0.2) is 52.1 Å². The quantitative estimate of drug-likeness (QED) is 0.483. The van der Waals surface area contributed by atoms with Gasteiger partial charge in [0.05, 0.1) is 33.3 Å². The summed E-state index contributed by atoms with van der Waals surface area (Å²) < 4.78 is 4.40. The first-order valence-electron chi connectivity index (χ1n) is 8.77. The largest absolute Gasteiger partial charge is 0.545 e. The van der Waals surface area contributed by atoms with Crippen LogP contribution >= 0.6 is 0 Å². The summed E-state index contributed by atoms with van der Waals surface area (Å²) in [7, 11) is 3.40. The Morgan fingerprint density at radius 1 is 1.03 bits per heavy atom. The summed E-state index contributed by atoms with van der Waals surface area (Å²) in [4.78, 5) is 35.9. The van der Waals surface area contributed by atoms with Gasteiger partial charge in [-0.2, -0.15) is 0 Å². The first-order valence-corrected chi connectivity index (χ1v) is 8.77. The van der Waals surface area contributed by atoms with Crippen molar-refractivity contribution in [1.29, 1.82) is 0 Å². The van der Waals surface area contributed by atoms with Crippen LogP contribution in [0, 0.1) is 0 Å². The molecule has 2 aromatic carbocycles. The third kappa shape index (κ3) is 2.91. The topological polar surface area (TPSA) is 105 Å². The predicted molar refractivity (Wildman–Crippen MR) is 107 cm³/mol. The fraction of sp³-hybridized carbons (Fsp3) is 0.0952. The Hall–Kier alpha value is -4.07. The van der Waals surface area contributed by atoms with Crippen LogP contribution in [-0.2, 0) is 14.1 Å². The van der Waals surface area contributed by atoms with Crippen LogP contribution in [0.5, 0.6) is 0 Å². The average molecular weight is 389 g/mol. The normalized spacial score (nSPS) is 12.0. The third-order valence-corrected chi connectivity index (χ3v) is 4.97. The van der Waals surface area contributed by atoms with Crippen molar-refractivity contribution in [3.05, 3.63) is 85.0 Å². The Bertz CT molecular complexity index is 1500. The van der Waals surface area contributed by atoms with Crippen molar-refractivity contribution >= 4 is 29.7 Å². The molecule has 0 saturated carbocycles. The second-order valence-corrected chi connectivity index (χ2v) is 6.77. The number of aromatic carboxylic acids is 1. The predicted octanol–water partition coefficient (Wildman–Crippen LogP) is -1.04. The van der Waals surface area contributed by atoms with E-state index in [1.165, 1.54) is 28.9 Å². The standard InChI is InChI=1S/C21H18N4O4/c1-12-16(10-13-4-9-17-18(11-13)24(3)21(29)23(17)2)19(26)25(22-12)15-7-5-14(6-8-15)20(27)28/h4-11,22H,1H2,2-3H3,(H,27,28)/p-1. The molecule has 4 aromatic rings. The first kappa shape index (κ1) is 18.3. The highest BCUT2D eigenvalue weighted by atomic mass is 16.4. The van der Waals surface area contributed by atoms with E-state index >= 15 is 0 Å². The minimum Gasteiger partial charge on any atom is -0.545 e. The van der Waals surface area contributed by atoms with Crippen LogP contribution in [0.2, 0.25) is 0 Å². The third-order valence-electron chi connectivity index (χ3n) is 4.97. The highest BCUT2D eigenvalue weighted by Crippen LogP contribution is 2.14. The van der Waals surface area contributed by atoms with Gasteiger partial charge < -0.3 is 9.90 Å². The summed E-state index contributed by atoms with van der Waals surface area (Å²) in [6.45, 7) is 3.90. The zero-order valence-electron chi connectivity index (χ0n) is 15.8. The fourth-order valence-corrected chi connectivity index (χ4v) is 3.35. The molecule has 0 aliphatic heterocycles. The minimum atomic E-state index is -1.28. The van der Waals surface area contributed by atoms with Crippen molar-refractivity contribution in [2.45, 2.75) is 0 Å². The Balaban J connectivity index is 1.85. The molecule has 29 heavy (non-hydrogen) atoms. The number of carbonyl (C=O) groups excluding carboxylic acids is 1. The molecule has 4 rings (SSSR count). The molecule has 0 amide bonds. The first-order chi connectivity index (χ1) is 13.8. The van der Waals surface area contributed by atoms with Gasteiger partial charge in [-0.3, -0.25) is 19.0 Å². The van der Waals surface area contributed by atoms with Gasteiger partial charge in [0, 0.05) is 14.1 Å². The van der Waals surface area contributed by atoms with E-state index in [0.29, 0.717) is 16.3 Å². The van der Waals surface area contributed by atoms with E-state index in [9.17, 15) is 19.5 Å². The SMILES string of the molecule is C=c1[nH]n(-c2ccc(C(=O)[O-])cc2)c(=O)c1=Cc1ccc2c(c1)n(C)c(=O)n2C. The van der Waals surface area contributed by atoms with Gasteiger partial charge in [-0.25, -0.2) is 9.48 Å². The molecule has 146 valence electrons. The zero-order chi connectivity index (χ0) is 20.9. The smallest absolute Gasteiger partial charge is 0.328 e. The van der Waals surface area contributed by atoms with Crippen molar-refractivity contribution in [1.82, 2.24) is 18.9 Å². The van der Waals surface area contributed by atoms with Crippen LogP contribution < -0.4 is 26.9 Å². The van der Waals surface area contributed by atoms with E-state index in [-0.39, 0.29) is 16.8 Å². The molecular formula is C21H17N4O4-. The van der Waals surface area contributed by atoms with Crippen molar-refractivity contribution in [3.63, 3.8) is 0 Å². The van der Waals surface area contributed by atoms with Crippen molar-refractivity contribution in [2.24, 2.45) is 14.1 Å². The second-order valence-electron chi connectivity index (χ2n) is 6.77. The molecule has 8 nitrogen and oxygen atoms in total. The lowest BCUT2D eigenvalue weighted by atomic mass is 10.1. The summed E-state index contributed by atoms with van der Waals surface area (Å²) in [5.41, 5.74) is 2.35. The van der Waals surface area contributed by atoms with Gasteiger partial charge >= 0.3 is 5.69 Å². The lowest BCUT2D eigenvalue weighted by Crippen LogP contribution is -2.34. The molecule has 0 spiro atoms. The molecule has 2 aromatic heterocycles. The highest BCUT2D eigenvalue weighted by Gasteiger charge is 2.09. The van der Waals surface area contributed by atoms with Gasteiger partial charge in [-0.1, -0.05) is 24.8 Å². The number of benzene rings is 2. The number of aryl methyl sites for hydroxylation is 2. The number of imidazole rings is 1. The molecular weight excluding hydrogens is 372 g/mol. The number of fused-ring (bicyclic) bond motifs is 1. The lowest BCUT2D eigenvalue weighted by Gasteiger charge is -2.04. The maximum atomic E-state index is 12.9. The Morgan fingerprint density at radius 2 is 1.69 bits per heavy atom. The molecule has 0 radical (unpaired) electrons. The number of H-pyrrole nitrogens is 1. The van der Waals surface area contributed by atoms with Gasteiger partial charge in [0.25, 0.3) is 5.56 Å². The summed E-state index contributed by atoms with van der Waals surface area (Å²) >= 11 is 0. The van der Waals surface area contributed by atoms with Gasteiger partial charge in [0.15, 0.2) is 0 Å². The van der Waals surface area contributed by atoms with Crippen LogP contribution in [0.25, 0.3) is 29.4 Å². The van der Waals surface area contributed by atoms with Crippen molar-refractivity contribution in [3.8, 4) is 5.69 Å². The van der Waals surface area contributed by atoms with Gasteiger partial charge in [-0.05, 0) is 41.5 Å². The molecule has 0 fully saturated rings. The molecule has 0 atom stereocenters. The monoisotopic (exact) mass is 389 g/mol. The Kier molecular flexibility index (Phi) is 4.11. The van der Waals surface area contributed by atoms with Gasteiger partial charge in [0.2, 0.25) is 0 Å². The Labute approximate surface area is 163 Å². The van der Waals surface area contributed by atoms with Gasteiger partial charge in [-0.15, -0.1) is 0 Å². The number of hydrogen-bond donors (Lipinski definition) is 1. The van der Waals surface area contributed by atoms with Crippen LogP contribution in [0.1, 0.15) is 15.9 Å². The molecule has 0 saturated heterocycles. The molecule has 8 heteroatoms. The number of carboxylic acids is 1. The van der Waals surface area contributed by atoms with Crippen molar-refractivity contribution < 1.29 is 9.90 Å². The number of nitrogens with zero attached hydrogens (tertiary/aromatic N) is 3.